The van der Waals surface area contributed by atoms with Gasteiger partial charge in [-0.05, 0) is 50.3 Å². The molecule has 1 aromatic rings. The van der Waals surface area contributed by atoms with Gasteiger partial charge in [0.05, 0.1) is 10.6 Å². The molecule has 2 N–H and O–H groups in total. The first-order valence-corrected chi connectivity index (χ1v) is 8.25. The fraction of sp³-hybridized carbons (Fsp3) is 0.571. The van der Waals surface area contributed by atoms with Crippen LogP contribution in [0, 0.1) is 18.7 Å². The smallest absolute Gasteiger partial charge is 0.243 e. The molecule has 2 rings (SSSR count). The zero-order valence-electron chi connectivity index (χ0n) is 12.1. The minimum absolute atomic E-state index is 0.0468. The fourth-order valence-corrected chi connectivity index (χ4v) is 4.72. The van der Waals surface area contributed by atoms with Crippen molar-refractivity contribution in [2.45, 2.75) is 44.6 Å². The number of rotatable bonds is 2. The van der Waals surface area contributed by atoms with Gasteiger partial charge in [0.2, 0.25) is 10.0 Å². The number of halogens is 1. The number of aryl methyl sites for hydroxylation is 1. The van der Waals surface area contributed by atoms with Crippen LogP contribution in [-0.4, -0.2) is 25.3 Å². The molecule has 2 atom stereocenters. The Hall–Kier alpha value is -1.14. The Labute approximate surface area is 119 Å². The van der Waals surface area contributed by atoms with Gasteiger partial charge in [-0.2, -0.15) is 4.31 Å². The van der Waals surface area contributed by atoms with E-state index in [1.54, 1.807) is 6.92 Å². The van der Waals surface area contributed by atoms with Gasteiger partial charge < -0.3 is 5.73 Å². The molecule has 0 amide bonds. The summed E-state index contributed by atoms with van der Waals surface area (Å²) < 4.78 is 40.4. The number of nitrogens with two attached hydrogens (primary N) is 1. The van der Waals surface area contributed by atoms with Crippen molar-refractivity contribution >= 4 is 15.7 Å². The number of hydrogen-bond donors (Lipinski definition) is 1. The Morgan fingerprint density at radius 2 is 2.00 bits per heavy atom. The maximum absolute atomic E-state index is 13.4. The van der Waals surface area contributed by atoms with Crippen LogP contribution in [0.1, 0.15) is 32.3 Å². The first-order chi connectivity index (χ1) is 9.23. The van der Waals surface area contributed by atoms with Gasteiger partial charge in [-0.1, -0.05) is 6.92 Å². The van der Waals surface area contributed by atoms with Crippen molar-refractivity contribution in [1.82, 2.24) is 4.31 Å². The lowest BCUT2D eigenvalue weighted by molar-refractivity contribution is 0.220. The molecule has 0 radical (unpaired) electrons. The van der Waals surface area contributed by atoms with Crippen molar-refractivity contribution in [3.63, 3.8) is 0 Å². The highest BCUT2D eigenvalue weighted by Crippen LogP contribution is 2.30. The molecule has 0 bridgehead atoms. The highest BCUT2D eigenvalue weighted by Gasteiger charge is 2.34. The predicted molar refractivity (Wildman–Crippen MR) is 77.3 cm³/mol. The lowest BCUT2D eigenvalue weighted by atomic mass is 9.95. The van der Waals surface area contributed by atoms with Crippen molar-refractivity contribution in [2.24, 2.45) is 5.92 Å². The summed E-state index contributed by atoms with van der Waals surface area (Å²) in [5.74, 6) is -0.0578. The van der Waals surface area contributed by atoms with E-state index >= 15 is 0 Å². The third-order valence-corrected chi connectivity index (χ3v) is 6.11. The van der Waals surface area contributed by atoms with Gasteiger partial charge in [0, 0.05) is 12.6 Å². The SMILES string of the molecule is Cc1cc(F)c(N)cc1S(=O)(=O)N1CCC(C)CC1C. The molecule has 6 heteroatoms. The van der Waals surface area contributed by atoms with E-state index < -0.39 is 15.8 Å². The van der Waals surface area contributed by atoms with E-state index in [0.29, 0.717) is 18.0 Å². The first-order valence-electron chi connectivity index (χ1n) is 6.81. The zero-order chi connectivity index (χ0) is 15.1. The van der Waals surface area contributed by atoms with Crippen molar-refractivity contribution in [1.29, 1.82) is 0 Å². The van der Waals surface area contributed by atoms with Crippen LogP contribution in [0.5, 0.6) is 0 Å². The molecule has 0 spiro atoms. The number of piperidine rings is 1. The highest BCUT2D eigenvalue weighted by atomic mass is 32.2. The number of hydrogen-bond acceptors (Lipinski definition) is 3. The molecule has 0 aromatic heterocycles. The minimum atomic E-state index is -3.62. The second-order valence-electron chi connectivity index (χ2n) is 5.73. The number of nitrogen functional groups attached to an aromatic ring is 1. The second-order valence-corrected chi connectivity index (χ2v) is 7.59. The van der Waals surface area contributed by atoms with Crippen LogP contribution >= 0.6 is 0 Å². The summed E-state index contributed by atoms with van der Waals surface area (Å²) in [6, 6.07) is 2.36. The second kappa shape index (κ2) is 5.33. The summed E-state index contributed by atoms with van der Waals surface area (Å²) in [7, 11) is -3.62. The number of benzene rings is 1. The van der Waals surface area contributed by atoms with Gasteiger partial charge in [0.15, 0.2) is 0 Å². The molecule has 4 nitrogen and oxygen atoms in total. The summed E-state index contributed by atoms with van der Waals surface area (Å²) >= 11 is 0. The quantitative estimate of drug-likeness (QED) is 0.854. The van der Waals surface area contributed by atoms with Crippen molar-refractivity contribution in [2.75, 3.05) is 12.3 Å². The molecule has 112 valence electrons. The van der Waals surface area contributed by atoms with Crippen LogP contribution in [0.3, 0.4) is 0 Å². The monoisotopic (exact) mass is 300 g/mol. The summed E-state index contributed by atoms with van der Waals surface area (Å²) in [4.78, 5) is 0.109. The van der Waals surface area contributed by atoms with Crippen molar-refractivity contribution in [3.05, 3.63) is 23.5 Å². The average molecular weight is 300 g/mol. The van der Waals surface area contributed by atoms with Gasteiger partial charge in [-0.3, -0.25) is 0 Å². The average Bonchev–Trinajstić information content (AvgIpc) is 2.33. The van der Waals surface area contributed by atoms with Crippen molar-refractivity contribution in [3.8, 4) is 0 Å². The third-order valence-electron chi connectivity index (χ3n) is 3.96. The minimum Gasteiger partial charge on any atom is -0.396 e. The maximum atomic E-state index is 13.4. The van der Waals surface area contributed by atoms with Crippen molar-refractivity contribution < 1.29 is 12.8 Å². The normalized spacial score (nSPS) is 24.8. The van der Waals surface area contributed by atoms with Crippen LogP contribution in [0.15, 0.2) is 17.0 Å². The summed E-state index contributed by atoms with van der Waals surface area (Å²) in [5.41, 5.74) is 5.77. The molecular weight excluding hydrogens is 279 g/mol. The van der Waals surface area contributed by atoms with E-state index in [9.17, 15) is 12.8 Å². The molecule has 1 aliphatic rings. The van der Waals surface area contributed by atoms with Crippen LogP contribution in [0.2, 0.25) is 0 Å². The van der Waals surface area contributed by atoms with Gasteiger partial charge in [0.25, 0.3) is 0 Å². The molecule has 0 aliphatic carbocycles. The lowest BCUT2D eigenvalue weighted by Crippen LogP contribution is -2.44. The Kier molecular flexibility index (Phi) is 4.07. The molecule has 1 fully saturated rings. The number of sulfonamides is 1. The Balaban J connectivity index is 2.43. The van der Waals surface area contributed by atoms with E-state index in [2.05, 4.69) is 6.92 Å². The molecule has 1 aliphatic heterocycles. The van der Waals surface area contributed by atoms with Gasteiger partial charge >= 0.3 is 0 Å². The van der Waals surface area contributed by atoms with Gasteiger partial charge in [0.1, 0.15) is 5.82 Å². The molecule has 20 heavy (non-hydrogen) atoms. The molecular formula is C14H21FN2O2S. The topological polar surface area (TPSA) is 63.4 Å². The predicted octanol–water partition coefficient (Wildman–Crippen LogP) is 2.53. The van der Waals surface area contributed by atoms with Crippen LogP contribution in [0.4, 0.5) is 10.1 Å². The molecule has 2 unspecified atom stereocenters. The van der Waals surface area contributed by atoms with E-state index in [4.69, 9.17) is 5.73 Å². The van der Waals surface area contributed by atoms with Gasteiger partial charge in [-0.25, -0.2) is 12.8 Å². The maximum Gasteiger partial charge on any atom is 0.243 e. The van der Waals surface area contributed by atoms with E-state index in [1.807, 2.05) is 6.92 Å². The molecule has 1 aromatic carbocycles. The third kappa shape index (κ3) is 2.67. The summed E-state index contributed by atoms with van der Waals surface area (Å²) in [5, 5.41) is 0. The van der Waals surface area contributed by atoms with Crippen LogP contribution in [0.25, 0.3) is 0 Å². The number of nitrogens with zero attached hydrogens (tertiary/aromatic N) is 1. The van der Waals surface area contributed by atoms with E-state index in [0.717, 1.165) is 12.8 Å². The Bertz CT molecular complexity index is 616. The van der Waals surface area contributed by atoms with Crippen LogP contribution < -0.4 is 5.73 Å². The molecule has 1 heterocycles. The Morgan fingerprint density at radius 1 is 1.35 bits per heavy atom. The van der Waals surface area contributed by atoms with Crippen LogP contribution in [-0.2, 0) is 10.0 Å². The van der Waals surface area contributed by atoms with E-state index in [1.165, 1.54) is 16.4 Å². The largest absolute Gasteiger partial charge is 0.396 e. The summed E-state index contributed by atoms with van der Waals surface area (Å²) in [6.07, 6.45) is 1.69. The standard InChI is InChI=1S/C14H21FN2O2S/c1-9-4-5-17(11(3)6-9)20(18,19)14-8-13(16)12(15)7-10(14)2/h7-9,11H,4-6,16H2,1-3H3. The lowest BCUT2D eigenvalue weighted by Gasteiger charge is -2.35. The molecule has 0 saturated carbocycles. The Morgan fingerprint density at radius 3 is 2.60 bits per heavy atom. The number of anilines is 1. The highest BCUT2D eigenvalue weighted by molar-refractivity contribution is 7.89. The van der Waals surface area contributed by atoms with E-state index in [-0.39, 0.29) is 16.6 Å². The fourth-order valence-electron chi connectivity index (χ4n) is 2.82. The zero-order valence-corrected chi connectivity index (χ0v) is 12.9. The first kappa shape index (κ1) is 15.3. The van der Waals surface area contributed by atoms with Gasteiger partial charge in [-0.15, -0.1) is 0 Å². The summed E-state index contributed by atoms with van der Waals surface area (Å²) in [6.45, 7) is 6.13. The molecule has 1 saturated heterocycles.